The molecule has 0 saturated heterocycles. The van der Waals surface area contributed by atoms with Crippen molar-refractivity contribution >= 4 is 42.5 Å². The minimum absolute atomic E-state index is 0. The van der Waals surface area contributed by atoms with Gasteiger partial charge in [0.15, 0.2) is 0 Å². The van der Waals surface area contributed by atoms with Crippen molar-refractivity contribution in [3.05, 3.63) is 30.0 Å². The zero-order chi connectivity index (χ0) is 19.0. The number of carbonyl (C=O) groups excluding carboxylic acids is 1. The van der Waals surface area contributed by atoms with E-state index in [2.05, 4.69) is 32.8 Å². The highest BCUT2D eigenvalue weighted by Gasteiger charge is 2.38. The van der Waals surface area contributed by atoms with Gasteiger partial charge < -0.3 is 31.5 Å². The van der Waals surface area contributed by atoms with Crippen molar-refractivity contribution < 1.29 is 14.6 Å². The molecule has 0 bridgehead atoms. The number of fused-ring (bicyclic) bond motifs is 1. The van der Waals surface area contributed by atoms with Crippen LogP contribution in [0.15, 0.2) is 24.4 Å². The van der Waals surface area contributed by atoms with Gasteiger partial charge in [-0.1, -0.05) is 0 Å². The smallest absolute Gasteiger partial charge is 0.254 e. The van der Waals surface area contributed by atoms with Crippen LogP contribution in [0.2, 0.25) is 0 Å². The Balaban J connectivity index is 0.00000225. The van der Waals surface area contributed by atoms with Crippen molar-refractivity contribution in [1.82, 2.24) is 9.97 Å². The van der Waals surface area contributed by atoms with Crippen molar-refractivity contribution in [2.75, 3.05) is 29.1 Å². The van der Waals surface area contributed by atoms with Gasteiger partial charge in [-0.25, -0.2) is 4.98 Å². The molecule has 0 spiro atoms. The molecule has 2 heterocycles. The lowest BCUT2D eigenvalue weighted by Gasteiger charge is -2.16. The first kappa shape index (κ1) is 20.0. The van der Waals surface area contributed by atoms with Crippen LogP contribution in [-0.2, 0) is 0 Å². The SMILES string of the molecule is CC1(Nc2nc(Nc3ccc4c(c3)NC[C@H](O)CO4)ncc2C(N)=O)CC1.S. The Hall–Kier alpha value is -2.72. The molecule has 9 nitrogen and oxygen atoms in total. The average molecular weight is 404 g/mol. The van der Waals surface area contributed by atoms with E-state index >= 15 is 0 Å². The number of hydrogen-bond donors (Lipinski definition) is 5. The molecule has 1 fully saturated rings. The van der Waals surface area contributed by atoms with Crippen molar-refractivity contribution in [3.63, 3.8) is 0 Å². The van der Waals surface area contributed by atoms with Gasteiger partial charge in [-0.3, -0.25) is 4.79 Å². The minimum Gasteiger partial charge on any atom is -0.489 e. The van der Waals surface area contributed by atoms with E-state index in [9.17, 15) is 9.90 Å². The molecule has 1 aromatic heterocycles. The highest BCUT2D eigenvalue weighted by molar-refractivity contribution is 7.59. The maximum absolute atomic E-state index is 11.7. The third-order valence-electron chi connectivity index (χ3n) is 4.67. The summed E-state index contributed by atoms with van der Waals surface area (Å²) in [4.78, 5) is 20.3. The number of rotatable bonds is 5. The molecule has 10 heteroatoms. The molecule has 1 aliphatic carbocycles. The second-order valence-electron chi connectivity index (χ2n) is 7.19. The van der Waals surface area contributed by atoms with Crippen LogP contribution in [0.3, 0.4) is 0 Å². The van der Waals surface area contributed by atoms with Gasteiger partial charge in [0.2, 0.25) is 5.95 Å². The van der Waals surface area contributed by atoms with Gasteiger partial charge in [0.05, 0.1) is 11.3 Å². The van der Waals surface area contributed by atoms with E-state index in [-0.39, 0.29) is 31.2 Å². The van der Waals surface area contributed by atoms with Crippen LogP contribution in [0.5, 0.6) is 5.75 Å². The van der Waals surface area contributed by atoms with E-state index in [4.69, 9.17) is 10.5 Å². The number of nitrogens with zero attached hydrogens (tertiary/aromatic N) is 2. The van der Waals surface area contributed by atoms with E-state index in [1.54, 1.807) is 0 Å². The van der Waals surface area contributed by atoms with Gasteiger partial charge in [0, 0.05) is 24.0 Å². The lowest BCUT2D eigenvalue weighted by molar-refractivity contribution is 0.100. The first-order chi connectivity index (χ1) is 12.9. The molecule has 2 aliphatic rings. The monoisotopic (exact) mass is 404 g/mol. The number of benzene rings is 1. The topological polar surface area (TPSA) is 134 Å². The summed E-state index contributed by atoms with van der Waals surface area (Å²) in [6.45, 7) is 2.73. The Morgan fingerprint density at radius 2 is 2.21 bits per heavy atom. The maximum Gasteiger partial charge on any atom is 0.254 e. The summed E-state index contributed by atoms with van der Waals surface area (Å²) in [6.07, 6.45) is 2.89. The molecule has 1 atom stereocenters. The largest absolute Gasteiger partial charge is 0.489 e. The molecule has 0 radical (unpaired) electrons. The number of hydrogen-bond acceptors (Lipinski definition) is 8. The van der Waals surface area contributed by atoms with Gasteiger partial charge in [-0.05, 0) is 38.0 Å². The maximum atomic E-state index is 11.7. The van der Waals surface area contributed by atoms with E-state index in [0.29, 0.717) is 24.1 Å². The summed E-state index contributed by atoms with van der Waals surface area (Å²) in [6, 6.07) is 5.50. The minimum atomic E-state index is -0.571. The molecular formula is C18H24N6O3S. The van der Waals surface area contributed by atoms with Gasteiger partial charge in [-0.15, -0.1) is 0 Å². The zero-order valence-electron chi connectivity index (χ0n) is 15.5. The molecule has 2 aromatic rings. The third kappa shape index (κ3) is 4.39. The number of carbonyl (C=O) groups is 1. The molecule has 1 aliphatic heterocycles. The molecule has 28 heavy (non-hydrogen) atoms. The molecule has 0 unspecified atom stereocenters. The molecular weight excluding hydrogens is 380 g/mol. The molecule has 1 aromatic carbocycles. The number of nitrogens with one attached hydrogen (secondary N) is 3. The Morgan fingerprint density at radius 1 is 1.43 bits per heavy atom. The number of amides is 1. The summed E-state index contributed by atoms with van der Waals surface area (Å²) in [5.74, 6) is 0.880. The van der Waals surface area contributed by atoms with Crippen LogP contribution in [-0.4, -0.2) is 45.8 Å². The second kappa shape index (κ2) is 7.72. The lowest BCUT2D eigenvalue weighted by atomic mass is 10.2. The van der Waals surface area contributed by atoms with Crippen molar-refractivity contribution in [3.8, 4) is 5.75 Å². The summed E-state index contributed by atoms with van der Waals surface area (Å²) in [5, 5.41) is 19.2. The van der Waals surface area contributed by atoms with E-state index < -0.39 is 12.0 Å². The number of aromatic nitrogens is 2. The quantitative estimate of drug-likeness (QED) is 0.507. The van der Waals surface area contributed by atoms with Crippen LogP contribution in [0.25, 0.3) is 0 Å². The van der Waals surface area contributed by atoms with Gasteiger partial charge in [-0.2, -0.15) is 18.5 Å². The van der Waals surface area contributed by atoms with Crippen LogP contribution in [0, 0.1) is 0 Å². The fourth-order valence-electron chi connectivity index (χ4n) is 2.79. The van der Waals surface area contributed by atoms with Crippen molar-refractivity contribution in [2.24, 2.45) is 5.73 Å². The number of ether oxygens (including phenoxy) is 1. The molecule has 4 rings (SSSR count). The standard InChI is InChI=1S/C18H22N6O3.H2S/c1-18(4-5-18)24-16-12(15(19)26)8-21-17(23-16)22-10-2-3-14-13(6-10)20-7-11(25)9-27-14;/h2-3,6,8,11,20,25H,4-5,7,9H2,1H3,(H2,19,26)(H2,21,22,23,24);1H2/t11-;/m0./s1. The first-order valence-corrected chi connectivity index (χ1v) is 8.83. The predicted molar refractivity (Wildman–Crippen MR) is 112 cm³/mol. The predicted octanol–water partition coefficient (Wildman–Crippen LogP) is 1.56. The summed E-state index contributed by atoms with van der Waals surface area (Å²) < 4.78 is 5.56. The van der Waals surface area contributed by atoms with Gasteiger partial charge in [0.1, 0.15) is 24.3 Å². The van der Waals surface area contributed by atoms with Crippen LogP contribution in [0.4, 0.5) is 23.1 Å². The highest BCUT2D eigenvalue weighted by atomic mass is 32.1. The molecule has 6 N–H and O–H groups in total. The van der Waals surface area contributed by atoms with Crippen LogP contribution >= 0.6 is 13.5 Å². The summed E-state index contributed by atoms with van der Waals surface area (Å²) in [7, 11) is 0. The molecule has 150 valence electrons. The Kier molecular flexibility index (Phi) is 5.52. The van der Waals surface area contributed by atoms with Crippen molar-refractivity contribution in [2.45, 2.75) is 31.4 Å². The Bertz CT molecular complexity index is 890. The van der Waals surface area contributed by atoms with E-state index in [1.807, 2.05) is 18.2 Å². The molecule has 1 amide bonds. The second-order valence-corrected chi connectivity index (χ2v) is 7.19. The van der Waals surface area contributed by atoms with Gasteiger partial charge >= 0.3 is 0 Å². The van der Waals surface area contributed by atoms with Gasteiger partial charge in [0.25, 0.3) is 5.91 Å². The number of nitrogens with two attached hydrogens (primary N) is 1. The number of anilines is 4. The lowest BCUT2D eigenvalue weighted by Crippen LogP contribution is -2.23. The summed E-state index contributed by atoms with van der Waals surface area (Å²) in [5.41, 5.74) is 7.17. The summed E-state index contributed by atoms with van der Waals surface area (Å²) >= 11 is 0. The number of β-amino-alcohol motifs (C(OH)–C–C–N with tert-alkyl or cyclic N) is 1. The normalized spacial score (nSPS) is 19.0. The Labute approximate surface area is 169 Å². The number of aliphatic hydroxyl groups is 1. The average Bonchev–Trinajstić information content (AvgIpc) is 3.38. The van der Waals surface area contributed by atoms with E-state index in [0.717, 1.165) is 24.2 Å². The fraction of sp³-hybridized carbons (Fsp3) is 0.389. The molecule has 1 saturated carbocycles. The number of aliphatic hydroxyl groups excluding tert-OH is 1. The zero-order valence-corrected chi connectivity index (χ0v) is 16.5. The van der Waals surface area contributed by atoms with Crippen LogP contribution < -0.4 is 26.4 Å². The Morgan fingerprint density at radius 3 is 2.93 bits per heavy atom. The highest BCUT2D eigenvalue weighted by Crippen LogP contribution is 2.38. The fourth-order valence-corrected chi connectivity index (χ4v) is 2.79. The third-order valence-corrected chi connectivity index (χ3v) is 4.67. The number of primary amides is 1. The van der Waals surface area contributed by atoms with E-state index in [1.165, 1.54) is 6.20 Å². The van der Waals surface area contributed by atoms with Crippen molar-refractivity contribution in [1.29, 1.82) is 0 Å². The van der Waals surface area contributed by atoms with Crippen LogP contribution in [0.1, 0.15) is 30.1 Å². The first-order valence-electron chi connectivity index (χ1n) is 8.83.